The van der Waals surface area contributed by atoms with E-state index in [-0.39, 0.29) is 54.0 Å². The molecule has 1 saturated heterocycles. The van der Waals surface area contributed by atoms with Crippen molar-refractivity contribution >= 4 is 23.7 Å². The second-order valence-corrected chi connectivity index (χ2v) is 12.8. The van der Waals surface area contributed by atoms with E-state index in [1.807, 2.05) is 60.5 Å². The quantitative estimate of drug-likeness (QED) is 0.262. The maximum atomic E-state index is 14.0. The molecule has 1 aliphatic rings. The summed E-state index contributed by atoms with van der Waals surface area (Å²) in [4.78, 5) is 57.9. The summed E-state index contributed by atoms with van der Waals surface area (Å²) in [7, 11) is 8.45. The number of amides is 3. The lowest BCUT2D eigenvalue weighted by Crippen LogP contribution is -2.59. The predicted molar refractivity (Wildman–Crippen MR) is 163 cm³/mol. The highest BCUT2D eigenvalue weighted by Crippen LogP contribution is 2.29. The van der Waals surface area contributed by atoms with Gasteiger partial charge in [0.2, 0.25) is 17.7 Å². The molecule has 1 fully saturated rings. The molecule has 0 aromatic rings. The zero-order chi connectivity index (χ0) is 32.5. The van der Waals surface area contributed by atoms with Crippen LogP contribution < -0.4 is 5.32 Å². The van der Waals surface area contributed by atoms with Gasteiger partial charge in [-0.05, 0) is 51.6 Å². The molecule has 1 heterocycles. The number of likely N-dealkylation sites (tertiary alicyclic amines) is 1. The number of likely N-dealkylation sites (N-methyl/N-ethyl adjacent to an activating group) is 2. The number of aliphatic carboxylic acids is 1. The molecule has 1 rings (SSSR count). The third-order valence-corrected chi connectivity index (χ3v) is 8.92. The van der Waals surface area contributed by atoms with E-state index in [0.29, 0.717) is 13.0 Å². The molecular formula is C31H58N4O7. The standard InChI is InChI=1S/C31H58N4O7/c1-13-20(6)27(34(10)30(38)25(18(2)3)32-29(37)26(19(4)5)33(8)9)23(41-11)17-24(36)35-16-14-15-22(35)28(42-12)21(7)31(39)40/h18-23,25-28H,13-17H2,1-12H3,(H,32,37)(H,39,40)/t20-,21+,22-,23+,25-,26-,27-,28+/m0/s1. The zero-order valence-electron chi connectivity index (χ0n) is 28.0. The van der Waals surface area contributed by atoms with Gasteiger partial charge in [-0.3, -0.25) is 24.1 Å². The third kappa shape index (κ3) is 9.38. The SMILES string of the molecule is CC[C@H](C)[C@@H]([C@@H](CC(=O)N1CCC[C@H]1[C@H](OC)[C@@H](C)C(=O)O)OC)N(C)C(=O)[C@@H](NC(=O)[C@H](C(C)C)N(C)C)C(C)C. The number of carbonyl (C=O) groups is 4. The molecule has 1 aliphatic heterocycles. The Morgan fingerprint density at radius 3 is 2.00 bits per heavy atom. The minimum atomic E-state index is -0.968. The van der Waals surface area contributed by atoms with Crippen LogP contribution in [-0.4, -0.2) is 122 Å². The molecule has 0 aromatic carbocycles. The number of carboxylic acids is 1. The second kappa shape index (κ2) is 17.2. The summed E-state index contributed by atoms with van der Waals surface area (Å²) < 4.78 is 11.5. The lowest BCUT2D eigenvalue weighted by atomic mass is 9.89. The molecule has 0 radical (unpaired) electrons. The normalized spacial score (nSPS) is 20.6. The van der Waals surface area contributed by atoms with Gasteiger partial charge in [0.15, 0.2) is 0 Å². The Hall–Kier alpha value is -2.24. The van der Waals surface area contributed by atoms with Crippen LogP contribution in [0.1, 0.15) is 74.1 Å². The Balaban J connectivity index is 3.26. The Labute approximate surface area is 253 Å². The van der Waals surface area contributed by atoms with Gasteiger partial charge in [0.05, 0.1) is 42.7 Å². The van der Waals surface area contributed by atoms with Crippen molar-refractivity contribution in [2.24, 2.45) is 23.7 Å². The van der Waals surface area contributed by atoms with Crippen molar-refractivity contribution in [3.63, 3.8) is 0 Å². The summed E-state index contributed by atoms with van der Waals surface area (Å²) in [5.74, 6) is -2.42. The van der Waals surface area contributed by atoms with Gasteiger partial charge < -0.3 is 29.7 Å². The molecule has 244 valence electrons. The molecule has 11 nitrogen and oxygen atoms in total. The molecule has 8 atom stereocenters. The van der Waals surface area contributed by atoms with E-state index < -0.39 is 36.2 Å². The highest BCUT2D eigenvalue weighted by Gasteiger charge is 2.43. The largest absolute Gasteiger partial charge is 0.481 e. The number of nitrogens with zero attached hydrogens (tertiary/aromatic N) is 3. The topological polar surface area (TPSA) is 129 Å². The highest BCUT2D eigenvalue weighted by atomic mass is 16.5. The molecule has 0 bridgehead atoms. The Bertz CT molecular complexity index is 889. The van der Waals surface area contributed by atoms with Crippen molar-refractivity contribution in [3.8, 4) is 0 Å². The van der Waals surface area contributed by atoms with Crippen LogP contribution in [0, 0.1) is 23.7 Å². The van der Waals surface area contributed by atoms with Crippen LogP contribution in [0.3, 0.4) is 0 Å². The highest BCUT2D eigenvalue weighted by molar-refractivity contribution is 5.90. The summed E-state index contributed by atoms with van der Waals surface area (Å²) >= 11 is 0. The zero-order valence-corrected chi connectivity index (χ0v) is 28.0. The van der Waals surface area contributed by atoms with Crippen LogP contribution in [0.5, 0.6) is 0 Å². The first-order valence-electron chi connectivity index (χ1n) is 15.4. The molecule has 0 aromatic heterocycles. The molecule has 3 amide bonds. The number of rotatable bonds is 17. The summed E-state index contributed by atoms with van der Waals surface area (Å²) in [6.07, 6.45) is 0.970. The monoisotopic (exact) mass is 598 g/mol. The molecule has 2 N–H and O–H groups in total. The van der Waals surface area contributed by atoms with Gasteiger partial charge in [-0.15, -0.1) is 0 Å². The van der Waals surface area contributed by atoms with Crippen LogP contribution in [-0.2, 0) is 28.7 Å². The number of hydrogen-bond acceptors (Lipinski definition) is 7. The number of nitrogens with one attached hydrogen (secondary N) is 1. The number of hydrogen-bond donors (Lipinski definition) is 2. The van der Waals surface area contributed by atoms with Crippen molar-refractivity contribution in [2.45, 2.75) is 111 Å². The number of carbonyl (C=O) groups excluding carboxylic acids is 3. The average Bonchev–Trinajstić information content (AvgIpc) is 3.39. The number of ether oxygens (including phenoxy) is 2. The first-order chi connectivity index (χ1) is 19.5. The van der Waals surface area contributed by atoms with Crippen molar-refractivity contribution in [2.75, 3.05) is 41.9 Å². The lowest BCUT2D eigenvalue weighted by Gasteiger charge is -2.41. The van der Waals surface area contributed by atoms with Gasteiger partial charge in [0, 0.05) is 27.8 Å². The first kappa shape index (κ1) is 37.8. The van der Waals surface area contributed by atoms with E-state index >= 15 is 0 Å². The smallest absolute Gasteiger partial charge is 0.308 e. The summed E-state index contributed by atoms with van der Waals surface area (Å²) in [5, 5.41) is 12.6. The van der Waals surface area contributed by atoms with Gasteiger partial charge in [-0.1, -0.05) is 48.0 Å². The molecule has 42 heavy (non-hydrogen) atoms. The van der Waals surface area contributed by atoms with E-state index in [0.717, 1.165) is 12.8 Å². The van der Waals surface area contributed by atoms with E-state index in [1.54, 1.807) is 30.9 Å². The van der Waals surface area contributed by atoms with Gasteiger partial charge in [0.25, 0.3) is 0 Å². The van der Waals surface area contributed by atoms with E-state index in [9.17, 15) is 24.3 Å². The van der Waals surface area contributed by atoms with Crippen LogP contribution in [0.15, 0.2) is 0 Å². The van der Waals surface area contributed by atoms with E-state index in [4.69, 9.17) is 9.47 Å². The molecular weight excluding hydrogens is 540 g/mol. The molecule has 0 unspecified atom stereocenters. The maximum absolute atomic E-state index is 14.0. The maximum Gasteiger partial charge on any atom is 0.308 e. The molecule has 0 aliphatic carbocycles. The molecule has 0 spiro atoms. The van der Waals surface area contributed by atoms with Gasteiger partial charge in [0.1, 0.15) is 6.04 Å². The van der Waals surface area contributed by atoms with Crippen molar-refractivity contribution in [1.29, 1.82) is 0 Å². The van der Waals surface area contributed by atoms with Crippen LogP contribution in [0.25, 0.3) is 0 Å². The lowest BCUT2D eigenvalue weighted by molar-refractivity contribution is -0.152. The summed E-state index contributed by atoms with van der Waals surface area (Å²) in [6.45, 7) is 13.9. The molecule has 11 heteroatoms. The third-order valence-electron chi connectivity index (χ3n) is 8.92. The van der Waals surface area contributed by atoms with Gasteiger partial charge >= 0.3 is 5.97 Å². The minimum absolute atomic E-state index is 0.00136. The Morgan fingerprint density at radius 2 is 1.57 bits per heavy atom. The van der Waals surface area contributed by atoms with Gasteiger partial charge in [-0.2, -0.15) is 0 Å². The van der Waals surface area contributed by atoms with Crippen molar-refractivity contribution < 1.29 is 33.8 Å². The Morgan fingerprint density at radius 1 is 0.976 bits per heavy atom. The summed E-state index contributed by atoms with van der Waals surface area (Å²) in [6, 6.07) is -1.90. The van der Waals surface area contributed by atoms with Gasteiger partial charge in [-0.25, -0.2) is 0 Å². The van der Waals surface area contributed by atoms with Crippen molar-refractivity contribution in [3.05, 3.63) is 0 Å². The fourth-order valence-corrected chi connectivity index (χ4v) is 6.40. The fraction of sp³-hybridized carbons (Fsp3) is 0.871. The molecule has 0 saturated carbocycles. The van der Waals surface area contributed by atoms with Crippen LogP contribution in [0.2, 0.25) is 0 Å². The minimum Gasteiger partial charge on any atom is -0.481 e. The number of carboxylic acid groups (broad SMARTS) is 1. The average molecular weight is 599 g/mol. The van der Waals surface area contributed by atoms with Crippen LogP contribution >= 0.6 is 0 Å². The predicted octanol–water partition coefficient (Wildman–Crippen LogP) is 2.72. The van der Waals surface area contributed by atoms with E-state index in [2.05, 4.69) is 5.32 Å². The van der Waals surface area contributed by atoms with E-state index in [1.165, 1.54) is 7.11 Å². The summed E-state index contributed by atoms with van der Waals surface area (Å²) in [5.41, 5.74) is 0. The van der Waals surface area contributed by atoms with Crippen molar-refractivity contribution in [1.82, 2.24) is 20.0 Å². The number of methoxy groups -OCH3 is 2. The first-order valence-corrected chi connectivity index (χ1v) is 15.4. The second-order valence-electron chi connectivity index (χ2n) is 12.8. The van der Waals surface area contributed by atoms with Crippen LogP contribution in [0.4, 0.5) is 0 Å². The fourth-order valence-electron chi connectivity index (χ4n) is 6.40. The Kier molecular flexibility index (Phi) is 15.4.